The van der Waals surface area contributed by atoms with E-state index in [1.54, 1.807) is 0 Å². The Labute approximate surface area is 205 Å². The number of aromatic nitrogens is 3. The van der Waals surface area contributed by atoms with E-state index in [-0.39, 0.29) is 0 Å². The molecule has 33 heavy (non-hydrogen) atoms. The lowest BCUT2D eigenvalue weighted by atomic mass is 9.90. The van der Waals surface area contributed by atoms with Gasteiger partial charge in [-0.2, -0.15) is 0 Å². The fourth-order valence-electron chi connectivity index (χ4n) is 4.60. The van der Waals surface area contributed by atoms with Crippen LogP contribution in [0, 0.1) is 10.7 Å². The van der Waals surface area contributed by atoms with Crippen molar-refractivity contribution < 1.29 is 0 Å². The van der Waals surface area contributed by atoms with E-state index in [2.05, 4.69) is 47.4 Å². The molecule has 0 atom stereocenters. The molecule has 168 valence electrons. The molecule has 4 aromatic rings. The van der Waals surface area contributed by atoms with Gasteiger partial charge in [0.2, 0.25) is 4.77 Å². The largest absolute Gasteiger partial charge is 0.284 e. The second-order valence-electron chi connectivity index (χ2n) is 8.65. The fourth-order valence-corrected chi connectivity index (χ4v) is 5.11. The summed E-state index contributed by atoms with van der Waals surface area (Å²) in [5.41, 5.74) is 3.31. The number of nitrogens with zero attached hydrogens (tertiary/aromatic N) is 4. The molecule has 0 radical (unpaired) electrons. The van der Waals surface area contributed by atoms with Crippen molar-refractivity contribution in [3.05, 3.63) is 100 Å². The van der Waals surface area contributed by atoms with E-state index in [4.69, 9.17) is 28.9 Å². The zero-order chi connectivity index (χ0) is 22.6. The number of likely N-dealkylation sites (tertiary alicyclic amines) is 1. The zero-order valence-corrected chi connectivity index (χ0v) is 20.1. The van der Waals surface area contributed by atoms with Crippen LogP contribution in [0.25, 0.3) is 17.1 Å². The van der Waals surface area contributed by atoms with Crippen molar-refractivity contribution >= 4 is 23.8 Å². The number of benzene rings is 3. The molecule has 2 heterocycles. The van der Waals surface area contributed by atoms with Gasteiger partial charge in [-0.25, -0.2) is 4.68 Å². The Morgan fingerprint density at radius 3 is 2.18 bits per heavy atom. The molecule has 1 aromatic heterocycles. The molecule has 0 aliphatic carbocycles. The summed E-state index contributed by atoms with van der Waals surface area (Å²) in [5.74, 6) is 1.51. The second-order valence-corrected chi connectivity index (χ2v) is 9.42. The Morgan fingerprint density at radius 1 is 0.848 bits per heavy atom. The maximum Gasteiger partial charge on any atom is 0.204 e. The van der Waals surface area contributed by atoms with Crippen LogP contribution in [0.15, 0.2) is 84.9 Å². The van der Waals surface area contributed by atoms with Gasteiger partial charge in [0.1, 0.15) is 0 Å². The molecule has 1 aliphatic rings. The van der Waals surface area contributed by atoms with Crippen LogP contribution in [0.5, 0.6) is 0 Å². The summed E-state index contributed by atoms with van der Waals surface area (Å²) in [6.45, 7) is 2.80. The highest BCUT2D eigenvalue weighted by molar-refractivity contribution is 7.71. The smallest absolute Gasteiger partial charge is 0.204 e. The van der Waals surface area contributed by atoms with E-state index in [0.717, 1.165) is 42.5 Å². The Kier molecular flexibility index (Phi) is 6.72. The molecule has 6 heteroatoms. The third-order valence-electron chi connectivity index (χ3n) is 6.38. The lowest BCUT2D eigenvalue weighted by molar-refractivity contribution is 0.140. The number of para-hydroxylation sites is 1. The van der Waals surface area contributed by atoms with Gasteiger partial charge in [0.25, 0.3) is 0 Å². The Hall–Kier alpha value is -2.73. The highest BCUT2D eigenvalue weighted by Crippen LogP contribution is 2.29. The third-order valence-corrected chi connectivity index (χ3v) is 7.10. The Balaban J connectivity index is 1.37. The summed E-state index contributed by atoms with van der Waals surface area (Å²) in [7, 11) is 0. The minimum atomic E-state index is 0.670. The average molecular weight is 475 g/mol. The molecule has 5 rings (SSSR count). The van der Waals surface area contributed by atoms with Crippen LogP contribution >= 0.6 is 23.8 Å². The van der Waals surface area contributed by atoms with Crippen LogP contribution in [-0.4, -0.2) is 32.3 Å². The van der Waals surface area contributed by atoms with Gasteiger partial charge in [-0.3, -0.25) is 9.47 Å². The van der Waals surface area contributed by atoms with E-state index >= 15 is 0 Å². The molecule has 0 saturated carbocycles. The van der Waals surface area contributed by atoms with Crippen molar-refractivity contribution in [3.8, 4) is 17.1 Å². The van der Waals surface area contributed by atoms with Gasteiger partial charge in [0, 0.05) is 24.3 Å². The van der Waals surface area contributed by atoms with Crippen molar-refractivity contribution in [2.75, 3.05) is 13.1 Å². The van der Waals surface area contributed by atoms with Crippen molar-refractivity contribution in [1.29, 1.82) is 0 Å². The van der Waals surface area contributed by atoms with Gasteiger partial charge in [-0.15, -0.1) is 5.10 Å². The van der Waals surface area contributed by atoms with Gasteiger partial charge in [-0.05, 0) is 67.2 Å². The van der Waals surface area contributed by atoms with Crippen LogP contribution in [0.2, 0.25) is 5.02 Å². The standard InChI is InChI=1S/C27H27ClN4S/c28-25-14-8-7-13-24(25)26-29-31(27(33)32(26)23-11-5-2-6-12-23)20-30-17-15-22(16-18-30)19-21-9-3-1-4-10-21/h1-14,22H,15-20H2. The molecule has 0 N–H and O–H groups in total. The maximum atomic E-state index is 6.55. The molecule has 3 aromatic carbocycles. The van der Waals surface area contributed by atoms with Gasteiger partial charge in [0.15, 0.2) is 5.82 Å². The van der Waals surface area contributed by atoms with E-state index in [0.29, 0.717) is 16.5 Å². The first-order valence-corrected chi connectivity index (χ1v) is 12.2. The Bertz CT molecular complexity index is 1260. The molecule has 0 spiro atoms. The maximum absolute atomic E-state index is 6.55. The van der Waals surface area contributed by atoms with Crippen LogP contribution < -0.4 is 0 Å². The fraction of sp³-hybridized carbons (Fsp3) is 0.259. The number of rotatable bonds is 6. The van der Waals surface area contributed by atoms with Crippen LogP contribution in [-0.2, 0) is 13.1 Å². The predicted octanol–water partition coefficient (Wildman–Crippen LogP) is 6.64. The zero-order valence-electron chi connectivity index (χ0n) is 18.5. The van der Waals surface area contributed by atoms with Gasteiger partial charge < -0.3 is 0 Å². The molecule has 4 nitrogen and oxygen atoms in total. The van der Waals surface area contributed by atoms with Crippen LogP contribution in [0.1, 0.15) is 18.4 Å². The first-order valence-electron chi connectivity index (χ1n) is 11.5. The predicted molar refractivity (Wildman–Crippen MR) is 137 cm³/mol. The second kappa shape index (κ2) is 10.0. The first kappa shape index (κ1) is 22.1. The minimum Gasteiger partial charge on any atom is -0.284 e. The number of halogens is 1. The monoisotopic (exact) mass is 474 g/mol. The highest BCUT2D eigenvalue weighted by atomic mass is 35.5. The van der Waals surface area contributed by atoms with Gasteiger partial charge >= 0.3 is 0 Å². The summed E-state index contributed by atoms with van der Waals surface area (Å²) in [6, 6.07) is 28.8. The van der Waals surface area contributed by atoms with Crippen LogP contribution in [0.4, 0.5) is 0 Å². The van der Waals surface area contributed by atoms with Gasteiger partial charge in [0.05, 0.1) is 11.7 Å². The van der Waals surface area contributed by atoms with E-state index in [1.807, 2.05) is 51.7 Å². The topological polar surface area (TPSA) is 26.0 Å². The molecule has 0 bridgehead atoms. The molecule has 0 amide bonds. The lowest BCUT2D eigenvalue weighted by Crippen LogP contribution is -2.36. The molecule has 1 fully saturated rings. The molecule has 0 unspecified atom stereocenters. The molecule has 1 aliphatic heterocycles. The lowest BCUT2D eigenvalue weighted by Gasteiger charge is -2.31. The average Bonchev–Trinajstić information content (AvgIpc) is 3.17. The minimum absolute atomic E-state index is 0.670. The highest BCUT2D eigenvalue weighted by Gasteiger charge is 2.22. The van der Waals surface area contributed by atoms with Crippen molar-refractivity contribution in [3.63, 3.8) is 0 Å². The van der Waals surface area contributed by atoms with E-state index in [9.17, 15) is 0 Å². The van der Waals surface area contributed by atoms with E-state index < -0.39 is 0 Å². The summed E-state index contributed by atoms with van der Waals surface area (Å²) in [4.78, 5) is 2.45. The van der Waals surface area contributed by atoms with E-state index in [1.165, 1.54) is 18.4 Å². The number of piperidine rings is 1. The summed E-state index contributed by atoms with van der Waals surface area (Å²) >= 11 is 12.5. The summed E-state index contributed by atoms with van der Waals surface area (Å²) in [5, 5.41) is 5.62. The number of hydrogen-bond acceptors (Lipinski definition) is 3. The first-order chi connectivity index (χ1) is 16.2. The molecular weight excluding hydrogens is 448 g/mol. The van der Waals surface area contributed by atoms with Crippen molar-refractivity contribution in [1.82, 2.24) is 19.2 Å². The van der Waals surface area contributed by atoms with Crippen molar-refractivity contribution in [2.24, 2.45) is 5.92 Å². The third kappa shape index (κ3) is 4.96. The van der Waals surface area contributed by atoms with Gasteiger partial charge in [-0.1, -0.05) is 72.3 Å². The van der Waals surface area contributed by atoms with Crippen LogP contribution in [0.3, 0.4) is 0 Å². The normalized spacial score (nSPS) is 15.1. The summed E-state index contributed by atoms with van der Waals surface area (Å²) < 4.78 is 4.65. The Morgan fingerprint density at radius 2 is 1.48 bits per heavy atom. The number of hydrogen-bond donors (Lipinski definition) is 0. The summed E-state index contributed by atoms with van der Waals surface area (Å²) in [6.07, 6.45) is 3.55. The SMILES string of the molecule is S=c1n(CN2CCC(Cc3ccccc3)CC2)nc(-c2ccccc2Cl)n1-c1ccccc1. The molecule has 1 saturated heterocycles. The van der Waals surface area contributed by atoms with Crippen molar-refractivity contribution in [2.45, 2.75) is 25.9 Å². The molecular formula is C27H27ClN4S. The quantitative estimate of drug-likeness (QED) is 0.293.